The minimum atomic E-state index is 0.142. The fourth-order valence-electron chi connectivity index (χ4n) is 1.84. The first-order valence-corrected chi connectivity index (χ1v) is 3.78. The number of likely N-dealkylation sites (N-methyl/N-ethyl adjacent to an activating group) is 1. The summed E-state index contributed by atoms with van der Waals surface area (Å²) < 4.78 is 0. The van der Waals surface area contributed by atoms with E-state index in [-0.39, 0.29) is 11.9 Å². The zero-order valence-corrected chi connectivity index (χ0v) is 6.13. The molecule has 1 N–H and O–H groups in total. The Morgan fingerprint density at radius 2 is 2.40 bits per heavy atom. The van der Waals surface area contributed by atoms with Gasteiger partial charge < -0.3 is 10.2 Å². The molecular weight excluding hydrogens is 128 g/mol. The first-order valence-electron chi connectivity index (χ1n) is 3.78. The van der Waals surface area contributed by atoms with Crippen LogP contribution in [-0.4, -0.2) is 36.5 Å². The van der Waals surface area contributed by atoms with Gasteiger partial charge in [0.15, 0.2) is 0 Å². The van der Waals surface area contributed by atoms with Gasteiger partial charge in [-0.3, -0.25) is 4.79 Å². The molecule has 2 aliphatic rings. The highest BCUT2D eigenvalue weighted by atomic mass is 16.2. The Hall–Kier alpha value is -0.570. The average Bonchev–Trinajstić information content (AvgIpc) is 2.29. The van der Waals surface area contributed by atoms with Gasteiger partial charge in [0.25, 0.3) is 0 Å². The van der Waals surface area contributed by atoms with Crippen LogP contribution in [0.15, 0.2) is 0 Å². The largest absolute Gasteiger partial charge is 0.343 e. The summed E-state index contributed by atoms with van der Waals surface area (Å²) in [5.41, 5.74) is 0. The summed E-state index contributed by atoms with van der Waals surface area (Å²) in [7, 11) is 1.88. The van der Waals surface area contributed by atoms with Crippen LogP contribution in [0.25, 0.3) is 0 Å². The summed E-state index contributed by atoms with van der Waals surface area (Å²) in [6, 6.07) is 0.719. The van der Waals surface area contributed by atoms with Crippen LogP contribution < -0.4 is 5.32 Å². The topological polar surface area (TPSA) is 32.3 Å². The number of carbonyl (C=O) groups is 1. The Labute approximate surface area is 60.4 Å². The number of rotatable bonds is 0. The van der Waals surface area contributed by atoms with Crippen LogP contribution in [0.4, 0.5) is 0 Å². The molecule has 56 valence electrons. The number of carbonyl (C=O) groups excluding carboxylic acids is 1. The summed E-state index contributed by atoms with van der Waals surface area (Å²) >= 11 is 0. The molecule has 0 radical (unpaired) electrons. The maximum Gasteiger partial charge on any atom is 0.239 e. The van der Waals surface area contributed by atoms with Gasteiger partial charge in [0.05, 0.1) is 6.04 Å². The second-order valence-corrected chi connectivity index (χ2v) is 3.21. The van der Waals surface area contributed by atoms with Gasteiger partial charge in [0, 0.05) is 19.6 Å². The Kier molecular flexibility index (Phi) is 1.20. The van der Waals surface area contributed by atoms with Crippen molar-refractivity contribution in [2.24, 2.45) is 0 Å². The molecule has 10 heavy (non-hydrogen) atoms. The van der Waals surface area contributed by atoms with E-state index < -0.39 is 0 Å². The van der Waals surface area contributed by atoms with Crippen LogP contribution in [0.2, 0.25) is 0 Å². The first-order chi connectivity index (χ1) is 4.77. The van der Waals surface area contributed by atoms with E-state index in [1.54, 1.807) is 0 Å². The fraction of sp³-hybridized carbons (Fsp3) is 0.857. The highest BCUT2D eigenvalue weighted by Gasteiger charge is 2.36. The number of hydrogen-bond acceptors (Lipinski definition) is 2. The van der Waals surface area contributed by atoms with Gasteiger partial charge in [0.1, 0.15) is 0 Å². The molecule has 0 aliphatic carbocycles. The number of piperazine rings is 1. The predicted molar refractivity (Wildman–Crippen MR) is 37.6 cm³/mol. The van der Waals surface area contributed by atoms with Crippen molar-refractivity contribution in [2.45, 2.75) is 24.9 Å². The van der Waals surface area contributed by atoms with Crippen LogP contribution in [0, 0.1) is 0 Å². The summed E-state index contributed by atoms with van der Waals surface area (Å²) in [5.74, 6) is 0.272. The summed E-state index contributed by atoms with van der Waals surface area (Å²) in [6.07, 6.45) is 2.20. The third-order valence-corrected chi connectivity index (χ3v) is 2.41. The van der Waals surface area contributed by atoms with Gasteiger partial charge in [-0.15, -0.1) is 0 Å². The quantitative estimate of drug-likeness (QED) is 0.495. The van der Waals surface area contributed by atoms with Crippen molar-refractivity contribution in [3.63, 3.8) is 0 Å². The molecule has 3 nitrogen and oxygen atoms in total. The molecule has 0 aromatic carbocycles. The second-order valence-electron chi connectivity index (χ2n) is 3.21. The normalized spacial score (nSPS) is 38.9. The zero-order valence-electron chi connectivity index (χ0n) is 6.13. The van der Waals surface area contributed by atoms with Gasteiger partial charge in [-0.1, -0.05) is 0 Å². The Bertz CT molecular complexity index is 169. The van der Waals surface area contributed by atoms with Crippen molar-refractivity contribution in [2.75, 3.05) is 13.6 Å². The SMILES string of the molecule is CN1C[C@H]2CC[C@H](N2)C1=O. The van der Waals surface area contributed by atoms with Crippen LogP contribution in [0.5, 0.6) is 0 Å². The molecule has 2 saturated heterocycles. The van der Waals surface area contributed by atoms with Gasteiger partial charge >= 0.3 is 0 Å². The van der Waals surface area contributed by atoms with E-state index in [1.807, 2.05) is 11.9 Å². The van der Waals surface area contributed by atoms with Gasteiger partial charge in [0.2, 0.25) is 5.91 Å². The van der Waals surface area contributed by atoms with Crippen molar-refractivity contribution in [1.82, 2.24) is 10.2 Å². The van der Waals surface area contributed by atoms with Gasteiger partial charge in [-0.2, -0.15) is 0 Å². The summed E-state index contributed by atoms with van der Waals surface area (Å²) in [6.45, 7) is 0.898. The lowest BCUT2D eigenvalue weighted by Gasteiger charge is -2.29. The van der Waals surface area contributed by atoms with E-state index in [4.69, 9.17) is 0 Å². The van der Waals surface area contributed by atoms with E-state index in [0.29, 0.717) is 6.04 Å². The van der Waals surface area contributed by atoms with Crippen LogP contribution in [-0.2, 0) is 4.79 Å². The zero-order chi connectivity index (χ0) is 7.14. The highest BCUT2D eigenvalue weighted by molar-refractivity contribution is 5.83. The third kappa shape index (κ3) is 0.736. The fourth-order valence-corrected chi connectivity index (χ4v) is 1.84. The highest BCUT2D eigenvalue weighted by Crippen LogP contribution is 2.19. The molecule has 2 bridgehead atoms. The van der Waals surface area contributed by atoms with E-state index in [2.05, 4.69) is 5.32 Å². The molecule has 1 amide bonds. The van der Waals surface area contributed by atoms with E-state index in [9.17, 15) is 4.79 Å². The van der Waals surface area contributed by atoms with Gasteiger partial charge in [-0.25, -0.2) is 0 Å². The van der Waals surface area contributed by atoms with Crippen molar-refractivity contribution >= 4 is 5.91 Å². The average molecular weight is 140 g/mol. The minimum absolute atomic E-state index is 0.142. The van der Waals surface area contributed by atoms with Crippen LogP contribution in [0.3, 0.4) is 0 Å². The predicted octanol–water partition coefficient (Wildman–Crippen LogP) is -0.421. The Morgan fingerprint density at radius 3 is 3.20 bits per heavy atom. The number of fused-ring (bicyclic) bond motifs is 2. The number of hydrogen-bond donors (Lipinski definition) is 1. The van der Waals surface area contributed by atoms with Crippen molar-refractivity contribution in [3.8, 4) is 0 Å². The smallest absolute Gasteiger partial charge is 0.239 e. The summed E-state index contributed by atoms with van der Waals surface area (Å²) in [4.78, 5) is 13.1. The Balaban J connectivity index is 2.17. The van der Waals surface area contributed by atoms with Crippen molar-refractivity contribution < 1.29 is 4.79 Å². The molecule has 3 heteroatoms. The maximum absolute atomic E-state index is 11.2. The molecule has 0 aromatic rings. The Morgan fingerprint density at radius 1 is 1.60 bits per heavy atom. The number of nitrogens with zero attached hydrogens (tertiary/aromatic N) is 1. The molecule has 0 saturated carbocycles. The standard InChI is InChI=1S/C7H12N2O/c1-9-4-5-2-3-6(8-5)7(9)10/h5-6,8H,2-4H2,1H3/t5-,6+/m1/s1. The van der Waals surface area contributed by atoms with Crippen molar-refractivity contribution in [1.29, 1.82) is 0 Å². The van der Waals surface area contributed by atoms with E-state index >= 15 is 0 Å². The van der Waals surface area contributed by atoms with E-state index in [1.165, 1.54) is 6.42 Å². The third-order valence-electron chi connectivity index (χ3n) is 2.41. The molecule has 2 rings (SSSR count). The molecule has 2 aliphatic heterocycles. The molecule has 0 spiro atoms. The summed E-state index contributed by atoms with van der Waals surface area (Å²) in [5, 5.41) is 3.28. The molecule has 0 aromatic heterocycles. The van der Waals surface area contributed by atoms with Crippen molar-refractivity contribution in [3.05, 3.63) is 0 Å². The molecule has 2 heterocycles. The van der Waals surface area contributed by atoms with Crippen LogP contribution in [0.1, 0.15) is 12.8 Å². The lowest BCUT2D eigenvalue weighted by molar-refractivity contribution is -0.133. The molecule has 0 unspecified atom stereocenters. The monoisotopic (exact) mass is 140 g/mol. The lowest BCUT2D eigenvalue weighted by Crippen LogP contribution is -2.53. The van der Waals surface area contributed by atoms with Crippen LogP contribution >= 0.6 is 0 Å². The first kappa shape index (κ1) is 6.16. The molecular formula is C7H12N2O. The maximum atomic E-state index is 11.2. The number of amides is 1. The molecule has 2 fully saturated rings. The second kappa shape index (κ2) is 1.95. The number of nitrogens with one attached hydrogen (secondary N) is 1. The lowest BCUT2D eigenvalue weighted by atomic mass is 10.2. The van der Waals surface area contributed by atoms with E-state index in [0.717, 1.165) is 13.0 Å². The minimum Gasteiger partial charge on any atom is -0.343 e. The number of likely N-dealkylation sites (tertiary alicyclic amines) is 1. The van der Waals surface area contributed by atoms with Gasteiger partial charge in [-0.05, 0) is 12.8 Å². The molecule has 2 atom stereocenters.